The van der Waals surface area contributed by atoms with Crippen molar-refractivity contribution in [2.45, 2.75) is 45.4 Å². The Morgan fingerprint density at radius 3 is 2.62 bits per heavy atom. The van der Waals surface area contributed by atoms with Gasteiger partial charge in [0.25, 0.3) is 0 Å². The molecule has 0 N–H and O–H groups in total. The number of Topliss-reactive ketones (excluding diaryl/α,β-unsaturated/α-hetero) is 1. The highest BCUT2D eigenvalue weighted by Crippen LogP contribution is 2.08. The van der Waals surface area contributed by atoms with Gasteiger partial charge in [-0.3, -0.25) is 9.78 Å². The molecule has 0 spiro atoms. The number of hydrogen-bond donors (Lipinski definition) is 0. The van der Waals surface area contributed by atoms with Crippen LogP contribution in [-0.4, -0.2) is 10.8 Å². The summed E-state index contributed by atoms with van der Waals surface area (Å²) in [6, 6.07) is 2.72. The van der Waals surface area contributed by atoms with Gasteiger partial charge in [-0.05, 0) is 18.6 Å². The van der Waals surface area contributed by atoms with Crippen molar-refractivity contribution in [3.63, 3.8) is 0 Å². The minimum Gasteiger partial charge on any atom is -0.292 e. The highest BCUT2D eigenvalue weighted by atomic mass is 19.1. The van der Waals surface area contributed by atoms with E-state index in [9.17, 15) is 9.18 Å². The lowest BCUT2D eigenvalue weighted by atomic mass is 10.1. The third-order valence-electron chi connectivity index (χ3n) is 2.52. The molecule has 0 bridgehead atoms. The Labute approximate surface area is 95.9 Å². The van der Waals surface area contributed by atoms with Crippen LogP contribution in [0.1, 0.15) is 55.9 Å². The summed E-state index contributed by atoms with van der Waals surface area (Å²) in [7, 11) is 0. The van der Waals surface area contributed by atoms with Crippen molar-refractivity contribution in [2.24, 2.45) is 0 Å². The van der Waals surface area contributed by atoms with E-state index in [0.29, 0.717) is 12.1 Å². The summed E-state index contributed by atoms with van der Waals surface area (Å²) in [5, 5.41) is 0. The number of pyridine rings is 1. The number of carbonyl (C=O) groups excluding carboxylic acids is 1. The van der Waals surface area contributed by atoms with E-state index in [1.807, 2.05) is 0 Å². The maximum absolute atomic E-state index is 12.6. The molecule has 0 saturated heterocycles. The van der Waals surface area contributed by atoms with E-state index in [4.69, 9.17) is 0 Å². The van der Waals surface area contributed by atoms with Crippen LogP contribution in [-0.2, 0) is 0 Å². The van der Waals surface area contributed by atoms with E-state index < -0.39 is 5.82 Å². The molecular weight excluding hydrogens is 205 g/mol. The molecule has 1 rings (SSSR count). The molecule has 0 aromatic carbocycles. The first-order valence-corrected chi connectivity index (χ1v) is 5.88. The zero-order chi connectivity index (χ0) is 11.8. The van der Waals surface area contributed by atoms with Crippen LogP contribution in [0.5, 0.6) is 0 Å². The van der Waals surface area contributed by atoms with Gasteiger partial charge in [0.05, 0.1) is 6.20 Å². The number of aromatic nitrogens is 1. The van der Waals surface area contributed by atoms with Crippen molar-refractivity contribution in [3.8, 4) is 0 Å². The SMILES string of the molecule is CCCCCCCC(=O)c1ccc(F)cn1. The van der Waals surface area contributed by atoms with Gasteiger partial charge in [-0.2, -0.15) is 0 Å². The van der Waals surface area contributed by atoms with Crippen LogP contribution in [0.25, 0.3) is 0 Å². The first-order chi connectivity index (χ1) is 7.74. The first kappa shape index (κ1) is 12.8. The molecule has 0 amide bonds. The largest absolute Gasteiger partial charge is 0.292 e. The second-order valence-electron chi connectivity index (χ2n) is 3.95. The van der Waals surface area contributed by atoms with Gasteiger partial charge in [-0.1, -0.05) is 32.6 Å². The quantitative estimate of drug-likeness (QED) is 0.520. The topological polar surface area (TPSA) is 30.0 Å². The van der Waals surface area contributed by atoms with E-state index in [1.54, 1.807) is 0 Å². The molecule has 1 heterocycles. The standard InChI is InChI=1S/C13H18FNO/c1-2-3-4-5-6-7-13(16)12-9-8-11(14)10-15-12/h8-10H,2-7H2,1H3. The number of carbonyl (C=O) groups is 1. The molecule has 0 fully saturated rings. The van der Waals surface area contributed by atoms with Gasteiger partial charge in [-0.15, -0.1) is 0 Å². The molecule has 0 aliphatic carbocycles. The summed E-state index contributed by atoms with van der Waals surface area (Å²) >= 11 is 0. The average molecular weight is 223 g/mol. The number of hydrogen-bond acceptors (Lipinski definition) is 2. The summed E-state index contributed by atoms with van der Waals surface area (Å²) < 4.78 is 12.6. The van der Waals surface area contributed by atoms with E-state index in [1.165, 1.54) is 31.4 Å². The van der Waals surface area contributed by atoms with Crippen molar-refractivity contribution in [2.75, 3.05) is 0 Å². The zero-order valence-corrected chi connectivity index (χ0v) is 9.71. The molecule has 3 heteroatoms. The monoisotopic (exact) mass is 223 g/mol. The van der Waals surface area contributed by atoms with Crippen LogP contribution in [0.3, 0.4) is 0 Å². The first-order valence-electron chi connectivity index (χ1n) is 5.88. The molecule has 0 aliphatic heterocycles. The summed E-state index contributed by atoms with van der Waals surface area (Å²) in [6.07, 6.45) is 7.20. The van der Waals surface area contributed by atoms with E-state index >= 15 is 0 Å². The molecule has 1 aromatic rings. The van der Waals surface area contributed by atoms with Crippen LogP contribution >= 0.6 is 0 Å². The average Bonchev–Trinajstić information content (AvgIpc) is 2.29. The van der Waals surface area contributed by atoms with E-state index in [-0.39, 0.29) is 5.78 Å². The molecule has 88 valence electrons. The third kappa shape index (κ3) is 4.51. The van der Waals surface area contributed by atoms with Gasteiger partial charge in [-0.25, -0.2) is 4.39 Å². The van der Waals surface area contributed by atoms with Crippen LogP contribution in [0.2, 0.25) is 0 Å². The number of halogens is 1. The van der Waals surface area contributed by atoms with Gasteiger partial charge >= 0.3 is 0 Å². The Bertz CT molecular complexity index is 321. The van der Waals surface area contributed by atoms with E-state index in [0.717, 1.165) is 19.0 Å². The third-order valence-corrected chi connectivity index (χ3v) is 2.52. The van der Waals surface area contributed by atoms with Crippen LogP contribution in [0.15, 0.2) is 18.3 Å². The Hall–Kier alpha value is -1.25. The maximum Gasteiger partial charge on any atom is 0.181 e. The lowest BCUT2D eigenvalue weighted by Gasteiger charge is -2.00. The van der Waals surface area contributed by atoms with Gasteiger partial charge in [0.1, 0.15) is 11.5 Å². The van der Waals surface area contributed by atoms with Gasteiger partial charge in [0, 0.05) is 6.42 Å². The fourth-order valence-corrected chi connectivity index (χ4v) is 1.56. The van der Waals surface area contributed by atoms with Crippen LogP contribution in [0.4, 0.5) is 4.39 Å². The summed E-state index contributed by atoms with van der Waals surface area (Å²) in [4.78, 5) is 15.4. The van der Waals surface area contributed by atoms with E-state index in [2.05, 4.69) is 11.9 Å². The van der Waals surface area contributed by atoms with Crippen molar-refractivity contribution in [1.82, 2.24) is 4.98 Å². The molecule has 1 aromatic heterocycles. The van der Waals surface area contributed by atoms with Crippen molar-refractivity contribution < 1.29 is 9.18 Å². The predicted octanol–water partition coefficient (Wildman–Crippen LogP) is 3.76. The molecular formula is C13H18FNO. The van der Waals surface area contributed by atoms with Crippen molar-refractivity contribution in [3.05, 3.63) is 29.8 Å². The minimum atomic E-state index is -0.403. The summed E-state index contributed by atoms with van der Waals surface area (Å²) in [5.41, 5.74) is 0.372. The molecule has 16 heavy (non-hydrogen) atoms. The Morgan fingerprint density at radius 1 is 1.25 bits per heavy atom. The predicted molar refractivity (Wildman–Crippen MR) is 61.9 cm³/mol. The van der Waals surface area contributed by atoms with Crippen molar-refractivity contribution in [1.29, 1.82) is 0 Å². The van der Waals surface area contributed by atoms with Crippen LogP contribution in [0, 0.1) is 5.82 Å². The zero-order valence-electron chi connectivity index (χ0n) is 9.71. The highest BCUT2D eigenvalue weighted by Gasteiger charge is 2.06. The van der Waals surface area contributed by atoms with Gasteiger partial charge in [0.2, 0.25) is 0 Å². The molecule has 0 saturated carbocycles. The lowest BCUT2D eigenvalue weighted by molar-refractivity contribution is 0.0974. The van der Waals surface area contributed by atoms with Crippen molar-refractivity contribution >= 4 is 5.78 Å². The highest BCUT2D eigenvalue weighted by molar-refractivity contribution is 5.94. The minimum absolute atomic E-state index is 0.0106. The number of rotatable bonds is 7. The molecule has 0 radical (unpaired) electrons. The Balaban J connectivity index is 2.27. The molecule has 0 aliphatic rings. The second-order valence-corrected chi connectivity index (χ2v) is 3.95. The smallest absolute Gasteiger partial charge is 0.181 e. The molecule has 0 atom stereocenters. The molecule has 2 nitrogen and oxygen atoms in total. The lowest BCUT2D eigenvalue weighted by Crippen LogP contribution is -2.02. The second kappa shape index (κ2) is 7.09. The Morgan fingerprint density at radius 2 is 2.00 bits per heavy atom. The normalized spacial score (nSPS) is 10.4. The summed E-state index contributed by atoms with van der Waals surface area (Å²) in [6.45, 7) is 2.16. The number of nitrogens with zero attached hydrogens (tertiary/aromatic N) is 1. The van der Waals surface area contributed by atoms with Crippen LogP contribution < -0.4 is 0 Å². The Kier molecular flexibility index (Phi) is 5.68. The van der Waals surface area contributed by atoms with Gasteiger partial charge in [0.15, 0.2) is 5.78 Å². The maximum atomic E-state index is 12.6. The fraction of sp³-hybridized carbons (Fsp3) is 0.538. The number of ketones is 1. The summed E-state index contributed by atoms with van der Waals surface area (Å²) in [5.74, 6) is -0.393. The fourth-order valence-electron chi connectivity index (χ4n) is 1.56. The van der Waals surface area contributed by atoms with Gasteiger partial charge < -0.3 is 0 Å². The molecule has 0 unspecified atom stereocenters. The number of unbranched alkanes of at least 4 members (excludes halogenated alkanes) is 4.